The summed E-state index contributed by atoms with van der Waals surface area (Å²) in [4.78, 5) is 32.3. The summed E-state index contributed by atoms with van der Waals surface area (Å²) < 4.78 is 0. The number of amides is 2. The lowest BCUT2D eigenvalue weighted by Gasteiger charge is -2.16. The van der Waals surface area contributed by atoms with Gasteiger partial charge in [0.1, 0.15) is 5.25 Å². The summed E-state index contributed by atoms with van der Waals surface area (Å²) >= 11 is 1.41. The topological polar surface area (TPSA) is 61.8 Å². The van der Waals surface area contributed by atoms with Crippen LogP contribution < -0.4 is 5.32 Å². The maximum absolute atomic E-state index is 13.0. The predicted molar refractivity (Wildman–Crippen MR) is 119 cm³/mol. The van der Waals surface area contributed by atoms with E-state index in [-0.39, 0.29) is 24.3 Å². The van der Waals surface area contributed by atoms with E-state index in [1.165, 1.54) is 11.8 Å². The molecule has 0 unspecified atom stereocenters. The van der Waals surface area contributed by atoms with Crippen molar-refractivity contribution < 1.29 is 9.59 Å². The quantitative estimate of drug-likeness (QED) is 0.779. The Bertz CT molecular complexity index is 977. The third kappa shape index (κ3) is 4.22. The van der Waals surface area contributed by atoms with Crippen molar-refractivity contribution in [2.24, 2.45) is 4.99 Å². The van der Waals surface area contributed by atoms with Gasteiger partial charge in [-0.15, -0.1) is 0 Å². The monoisotopic (exact) mass is 407 g/mol. The molecule has 5 nitrogen and oxygen atoms in total. The Morgan fingerprint density at radius 2 is 1.72 bits per heavy atom. The third-order valence-corrected chi connectivity index (χ3v) is 6.48. The highest BCUT2D eigenvalue weighted by molar-refractivity contribution is 8.15. The summed E-state index contributed by atoms with van der Waals surface area (Å²) in [5, 5.41) is 3.29. The van der Waals surface area contributed by atoms with Crippen LogP contribution in [0.25, 0.3) is 0 Å². The maximum atomic E-state index is 13.0. The van der Waals surface area contributed by atoms with Gasteiger partial charge in [-0.25, -0.2) is 4.99 Å². The molecule has 1 N–H and O–H groups in total. The lowest BCUT2D eigenvalue weighted by Crippen LogP contribution is -2.35. The first-order valence-corrected chi connectivity index (χ1v) is 10.8. The van der Waals surface area contributed by atoms with Crippen LogP contribution in [-0.4, -0.2) is 33.2 Å². The van der Waals surface area contributed by atoms with Gasteiger partial charge in [0.05, 0.1) is 5.69 Å². The second-order valence-electron chi connectivity index (χ2n) is 7.75. The smallest absolute Gasteiger partial charge is 0.242 e. The Morgan fingerprint density at radius 3 is 2.38 bits per heavy atom. The van der Waals surface area contributed by atoms with Crippen LogP contribution in [0.5, 0.6) is 0 Å². The molecule has 0 bridgehead atoms. The van der Waals surface area contributed by atoms with Crippen LogP contribution in [0, 0.1) is 20.8 Å². The minimum atomic E-state index is -0.428. The second-order valence-corrected chi connectivity index (χ2v) is 8.92. The number of nitrogens with zero attached hydrogens (tertiary/aromatic N) is 2. The van der Waals surface area contributed by atoms with Crippen molar-refractivity contribution in [3.05, 3.63) is 59.2 Å². The molecule has 1 heterocycles. The van der Waals surface area contributed by atoms with E-state index in [9.17, 15) is 9.59 Å². The molecule has 0 spiro atoms. The number of thioether (sulfide) groups is 1. The molecule has 2 aliphatic rings. The lowest BCUT2D eigenvalue weighted by atomic mass is 10.1. The zero-order valence-corrected chi connectivity index (χ0v) is 17.8. The van der Waals surface area contributed by atoms with Gasteiger partial charge in [0.25, 0.3) is 0 Å². The standard InChI is InChI=1S/C23H25N3O2S/c1-14-7-4-5-10-18(14)24-23-26(17-11-12-17)22(28)19(29-23)13-20(27)25-21-15(2)8-6-9-16(21)3/h4-10,17,19H,11-13H2,1-3H3,(H,25,27)/t19-/m1/s1. The van der Waals surface area contributed by atoms with E-state index in [0.29, 0.717) is 0 Å². The third-order valence-electron chi connectivity index (χ3n) is 5.33. The van der Waals surface area contributed by atoms with Gasteiger partial charge in [0.15, 0.2) is 5.17 Å². The first-order valence-electron chi connectivity index (χ1n) is 9.94. The molecule has 2 fully saturated rings. The van der Waals surface area contributed by atoms with Crippen molar-refractivity contribution in [2.75, 3.05) is 5.32 Å². The van der Waals surface area contributed by atoms with Crippen molar-refractivity contribution in [1.82, 2.24) is 4.90 Å². The summed E-state index contributed by atoms with van der Waals surface area (Å²) in [7, 11) is 0. The van der Waals surface area contributed by atoms with Crippen LogP contribution >= 0.6 is 11.8 Å². The molecule has 1 aliphatic heterocycles. The molecule has 1 atom stereocenters. The zero-order valence-electron chi connectivity index (χ0n) is 16.9. The van der Waals surface area contributed by atoms with Crippen LogP contribution in [0.1, 0.15) is 36.0 Å². The molecule has 2 amide bonds. The largest absolute Gasteiger partial charge is 0.326 e. The molecule has 0 aromatic heterocycles. The van der Waals surface area contributed by atoms with E-state index in [1.807, 2.05) is 68.1 Å². The van der Waals surface area contributed by atoms with Crippen LogP contribution in [-0.2, 0) is 9.59 Å². The number of hydrogen-bond donors (Lipinski definition) is 1. The Kier molecular flexibility index (Phi) is 5.46. The second kappa shape index (κ2) is 8.03. The number of aryl methyl sites for hydroxylation is 3. The number of amidine groups is 1. The van der Waals surface area contributed by atoms with Crippen LogP contribution in [0.2, 0.25) is 0 Å². The van der Waals surface area contributed by atoms with Crippen molar-refractivity contribution in [3.8, 4) is 0 Å². The van der Waals surface area contributed by atoms with Gasteiger partial charge in [-0.1, -0.05) is 48.2 Å². The summed E-state index contributed by atoms with van der Waals surface area (Å²) in [6.07, 6.45) is 2.15. The highest BCUT2D eigenvalue weighted by Gasteiger charge is 2.46. The zero-order chi connectivity index (χ0) is 20.5. The van der Waals surface area contributed by atoms with Crippen LogP contribution in [0.15, 0.2) is 47.5 Å². The maximum Gasteiger partial charge on any atom is 0.242 e. The fourth-order valence-electron chi connectivity index (χ4n) is 3.52. The molecule has 2 aromatic carbocycles. The van der Waals surface area contributed by atoms with Crippen molar-refractivity contribution in [1.29, 1.82) is 0 Å². The van der Waals surface area contributed by atoms with E-state index in [4.69, 9.17) is 4.99 Å². The van der Waals surface area contributed by atoms with Gasteiger partial charge in [0.2, 0.25) is 11.8 Å². The van der Waals surface area contributed by atoms with E-state index < -0.39 is 5.25 Å². The summed E-state index contributed by atoms with van der Waals surface area (Å²) in [5.41, 5.74) is 4.81. The van der Waals surface area contributed by atoms with Crippen molar-refractivity contribution in [2.45, 2.75) is 51.3 Å². The molecule has 0 radical (unpaired) electrons. The molecule has 1 saturated heterocycles. The van der Waals surface area contributed by atoms with Gasteiger partial charge >= 0.3 is 0 Å². The number of carbonyl (C=O) groups excluding carboxylic acids is 2. The summed E-state index contributed by atoms with van der Waals surface area (Å²) in [5.74, 6) is -0.136. The van der Waals surface area contributed by atoms with Crippen molar-refractivity contribution >= 4 is 40.1 Å². The molecule has 6 heteroatoms. The van der Waals surface area contributed by atoms with Gasteiger partial charge in [-0.05, 0) is 56.4 Å². The Morgan fingerprint density at radius 1 is 1.07 bits per heavy atom. The van der Waals surface area contributed by atoms with Gasteiger partial charge in [-0.3, -0.25) is 14.5 Å². The number of benzene rings is 2. The highest BCUT2D eigenvalue weighted by atomic mass is 32.2. The Balaban J connectivity index is 1.52. The molecule has 2 aromatic rings. The predicted octanol–water partition coefficient (Wildman–Crippen LogP) is 4.73. The van der Waals surface area contributed by atoms with E-state index in [0.717, 1.165) is 46.1 Å². The normalized spacial score (nSPS) is 20.4. The van der Waals surface area contributed by atoms with E-state index in [2.05, 4.69) is 5.32 Å². The fourth-order valence-corrected chi connectivity index (χ4v) is 4.73. The number of para-hydroxylation sites is 2. The molecule has 29 heavy (non-hydrogen) atoms. The van der Waals surface area contributed by atoms with Gasteiger partial charge < -0.3 is 5.32 Å². The number of aliphatic imine (C=N–C) groups is 1. The first-order chi connectivity index (χ1) is 13.9. The summed E-state index contributed by atoms with van der Waals surface area (Å²) in [6.45, 7) is 5.96. The molecule has 150 valence electrons. The minimum Gasteiger partial charge on any atom is -0.326 e. The Labute approximate surface area is 175 Å². The van der Waals surface area contributed by atoms with Crippen molar-refractivity contribution in [3.63, 3.8) is 0 Å². The summed E-state index contributed by atoms with van der Waals surface area (Å²) in [6, 6.07) is 14.0. The molecular formula is C23H25N3O2S. The van der Waals surface area contributed by atoms with Gasteiger partial charge in [-0.2, -0.15) is 0 Å². The molecule has 1 aliphatic carbocycles. The number of anilines is 1. The SMILES string of the molecule is Cc1ccccc1N=C1S[C@H](CC(=O)Nc2c(C)cccc2C)C(=O)N1C1CC1. The lowest BCUT2D eigenvalue weighted by molar-refractivity contribution is -0.128. The number of hydrogen-bond acceptors (Lipinski definition) is 4. The molecule has 4 rings (SSSR count). The van der Waals surface area contributed by atoms with Crippen LogP contribution in [0.3, 0.4) is 0 Å². The average Bonchev–Trinajstić information content (AvgIpc) is 3.46. The number of nitrogens with one attached hydrogen (secondary N) is 1. The number of carbonyl (C=O) groups is 2. The number of rotatable bonds is 5. The first kappa shape index (κ1) is 19.7. The van der Waals surface area contributed by atoms with E-state index in [1.54, 1.807) is 0 Å². The Hall–Kier alpha value is -2.60. The average molecular weight is 408 g/mol. The molecular weight excluding hydrogens is 382 g/mol. The van der Waals surface area contributed by atoms with E-state index >= 15 is 0 Å². The fraction of sp³-hybridized carbons (Fsp3) is 0.348. The molecule has 1 saturated carbocycles. The minimum absolute atomic E-state index is 0.00138. The van der Waals surface area contributed by atoms with Crippen LogP contribution in [0.4, 0.5) is 11.4 Å². The van der Waals surface area contributed by atoms with Gasteiger partial charge in [0, 0.05) is 18.2 Å². The highest BCUT2D eigenvalue weighted by Crippen LogP contribution is 2.39.